The van der Waals surface area contributed by atoms with Crippen LogP contribution in [0.1, 0.15) is 27.7 Å². The Morgan fingerprint density at radius 1 is 1.29 bits per heavy atom. The summed E-state index contributed by atoms with van der Waals surface area (Å²) in [5.41, 5.74) is -1.81. The van der Waals surface area contributed by atoms with Crippen LogP contribution in [-0.2, 0) is 4.79 Å². The Morgan fingerprint density at radius 3 is 2.07 bits per heavy atom. The molecule has 0 saturated heterocycles. The minimum Gasteiger partial charge on any atom is -0.301 e. The fourth-order valence-corrected chi connectivity index (χ4v) is 0.672. The molecule has 0 aromatic heterocycles. The standard InChI is InChI=1S/C10H13N3O/c1-9(2,6-12)8(5-11)13-10(3,4)7-14/h7H,1-4H3. The highest BCUT2D eigenvalue weighted by atomic mass is 16.1. The number of nitrogens with zero attached hydrogens (tertiary/aromatic N) is 3. The second-order valence-corrected chi connectivity index (χ2v) is 4.08. The summed E-state index contributed by atoms with van der Waals surface area (Å²) in [5, 5.41) is 17.6. The first-order valence-electron chi connectivity index (χ1n) is 4.17. The molecule has 0 aliphatic heterocycles. The predicted octanol–water partition coefficient (Wildman–Crippen LogP) is 1.48. The molecular formula is C10H13N3O. The van der Waals surface area contributed by atoms with Gasteiger partial charge < -0.3 is 4.79 Å². The van der Waals surface area contributed by atoms with E-state index in [4.69, 9.17) is 10.5 Å². The van der Waals surface area contributed by atoms with Gasteiger partial charge in [0, 0.05) is 0 Å². The molecule has 0 saturated carbocycles. The quantitative estimate of drug-likeness (QED) is 0.500. The Morgan fingerprint density at radius 2 is 1.79 bits per heavy atom. The molecule has 0 aliphatic rings. The number of carbonyl (C=O) groups excluding carboxylic acids is 1. The number of hydrogen-bond acceptors (Lipinski definition) is 4. The highest BCUT2D eigenvalue weighted by molar-refractivity contribution is 6.05. The lowest BCUT2D eigenvalue weighted by Gasteiger charge is -2.17. The van der Waals surface area contributed by atoms with Crippen molar-refractivity contribution in [2.45, 2.75) is 33.2 Å². The third-order valence-corrected chi connectivity index (χ3v) is 1.67. The highest BCUT2D eigenvalue weighted by Crippen LogP contribution is 2.18. The Hall–Kier alpha value is -1.68. The first-order chi connectivity index (χ1) is 6.29. The number of hydrogen-bond donors (Lipinski definition) is 0. The van der Waals surface area contributed by atoms with E-state index in [2.05, 4.69) is 4.99 Å². The highest BCUT2D eigenvalue weighted by Gasteiger charge is 2.27. The molecule has 0 rings (SSSR count). The number of nitriles is 2. The summed E-state index contributed by atoms with van der Waals surface area (Å²) >= 11 is 0. The van der Waals surface area contributed by atoms with Crippen molar-refractivity contribution in [3.8, 4) is 12.1 Å². The molecule has 0 fully saturated rings. The maximum Gasteiger partial charge on any atom is 0.147 e. The number of rotatable bonds is 3. The summed E-state index contributed by atoms with van der Waals surface area (Å²) in [6, 6.07) is 3.82. The third-order valence-electron chi connectivity index (χ3n) is 1.67. The molecule has 0 radical (unpaired) electrons. The van der Waals surface area contributed by atoms with Crippen LogP contribution < -0.4 is 0 Å². The van der Waals surface area contributed by atoms with Crippen molar-refractivity contribution in [3.63, 3.8) is 0 Å². The summed E-state index contributed by atoms with van der Waals surface area (Å²) < 4.78 is 0. The van der Waals surface area contributed by atoms with E-state index in [0.717, 1.165) is 0 Å². The van der Waals surface area contributed by atoms with Crippen molar-refractivity contribution in [3.05, 3.63) is 0 Å². The molecular weight excluding hydrogens is 178 g/mol. The zero-order valence-electron chi connectivity index (χ0n) is 8.83. The molecule has 4 nitrogen and oxygen atoms in total. The summed E-state index contributed by atoms with van der Waals surface area (Å²) in [6.07, 6.45) is 0.651. The zero-order chi connectivity index (χ0) is 11.4. The van der Waals surface area contributed by atoms with Gasteiger partial charge in [0.2, 0.25) is 0 Å². The lowest BCUT2D eigenvalue weighted by Crippen LogP contribution is -2.27. The SMILES string of the molecule is CC(C)(C=O)N=C(C#N)C(C)(C)C#N. The normalized spacial score (nSPS) is 12.9. The van der Waals surface area contributed by atoms with Crippen LogP contribution in [0.3, 0.4) is 0 Å². The van der Waals surface area contributed by atoms with Gasteiger partial charge >= 0.3 is 0 Å². The van der Waals surface area contributed by atoms with Crippen LogP contribution in [0.15, 0.2) is 4.99 Å². The Bertz CT molecular complexity index is 339. The van der Waals surface area contributed by atoms with Crippen molar-refractivity contribution in [1.82, 2.24) is 0 Å². The van der Waals surface area contributed by atoms with Crippen LogP contribution in [0.25, 0.3) is 0 Å². The molecule has 0 aromatic rings. The topological polar surface area (TPSA) is 77.0 Å². The smallest absolute Gasteiger partial charge is 0.147 e. The van der Waals surface area contributed by atoms with Crippen molar-refractivity contribution in [2.24, 2.45) is 10.4 Å². The van der Waals surface area contributed by atoms with Gasteiger partial charge in [0.05, 0.1) is 6.07 Å². The van der Waals surface area contributed by atoms with E-state index in [9.17, 15) is 4.79 Å². The lowest BCUT2D eigenvalue weighted by atomic mass is 9.89. The molecule has 0 unspecified atom stereocenters. The van der Waals surface area contributed by atoms with Gasteiger partial charge in [-0.2, -0.15) is 10.5 Å². The Kier molecular flexibility index (Phi) is 3.54. The van der Waals surface area contributed by atoms with Gasteiger partial charge in [0.15, 0.2) is 0 Å². The largest absolute Gasteiger partial charge is 0.301 e. The third kappa shape index (κ3) is 2.99. The van der Waals surface area contributed by atoms with Crippen LogP contribution in [0.5, 0.6) is 0 Å². The molecule has 0 bridgehead atoms. The number of carbonyl (C=O) groups is 1. The van der Waals surface area contributed by atoms with E-state index in [-0.39, 0.29) is 5.71 Å². The number of aliphatic imine (C=N–C) groups is 1. The van der Waals surface area contributed by atoms with Crippen LogP contribution in [0, 0.1) is 28.1 Å². The van der Waals surface area contributed by atoms with Gasteiger partial charge in [0.1, 0.15) is 29.0 Å². The minimum absolute atomic E-state index is 0.0806. The van der Waals surface area contributed by atoms with Gasteiger partial charge in [-0.05, 0) is 27.7 Å². The lowest BCUT2D eigenvalue weighted by molar-refractivity contribution is -0.111. The minimum atomic E-state index is -0.949. The second kappa shape index (κ2) is 4.02. The van der Waals surface area contributed by atoms with Gasteiger partial charge in [0.25, 0.3) is 0 Å². The fourth-order valence-electron chi connectivity index (χ4n) is 0.672. The van der Waals surface area contributed by atoms with Crippen LogP contribution >= 0.6 is 0 Å². The van der Waals surface area contributed by atoms with Crippen LogP contribution in [-0.4, -0.2) is 17.5 Å². The maximum atomic E-state index is 10.6. The van der Waals surface area contributed by atoms with Crippen molar-refractivity contribution in [1.29, 1.82) is 10.5 Å². The molecule has 0 aromatic carbocycles. The molecule has 4 heteroatoms. The van der Waals surface area contributed by atoms with E-state index in [0.29, 0.717) is 6.29 Å². The van der Waals surface area contributed by atoms with Gasteiger partial charge in [-0.1, -0.05) is 0 Å². The monoisotopic (exact) mass is 191 g/mol. The Balaban J connectivity index is 5.26. The van der Waals surface area contributed by atoms with E-state index in [1.165, 1.54) is 0 Å². The Labute approximate surface area is 83.9 Å². The van der Waals surface area contributed by atoms with E-state index >= 15 is 0 Å². The van der Waals surface area contributed by atoms with E-state index in [1.54, 1.807) is 27.7 Å². The molecule has 0 aliphatic carbocycles. The van der Waals surface area contributed by atoms with Crippen molar-refractivity contribution in [2.75, 3.05) is 0 Å². The van der Waals surface area contributed by atoms with Gasteiger partial charge in [-0.25, -0.2) is 0 Å². The van der Waals surface area contributed by atoms with Crippen LogP contribution in [0.2, 0.25) is 0 Å². The summed E-state index contributed by atoms with van der Waals surface area (Å²) in [5.74, 6) is 0. The summed E-state index contributed by atoms with van der Waals surface area (Å²) in [6.45, 7) is 6.36. The average Bonchev–Trinajstić information content (AvgIpc) is 2.14. The molecule has 0 amide bonds. The summed E-state index contributed by atoms with van der Waals surface area (Å²) in [4.78, 5) is 14.5. The first kappa shape index (κ1) is 12.3. The molecule has 74 valence electrons. The number of aldehydes is 1. The molecule has 0 spiro atoms. The van der Waals surface area contributed by atoms with Crippen molar-refractivity contribution < 1.29 is 4.79 Å². The van der Waals surface area contributed by atoms with Crippen molar-refractivity contribution >= 4 is 12.0 Å². The van der Waals surface area contributed by atoms with E-state index in [1.807, 2.05) is 12.1 Å². The van der Waals surface area contributed by atoms with Crippen LogP contribution in [0.4, 0.5) is 0 Å². The van der Waals surface area contributed by atoms with E-state index < -0.39 is 11.0 Å². The van der Waals surface area contributed by atoms with Gasteiger partial charge in [-0.3, -0.25) is 4.99 Å². The second-order valence-electron chi connectivity index (χ2n) is 4.08. The van der Waals surface area contributed by atoms with Gasteiger partial charge in [-0.15, -0.1) is 0 Å². The zero-order valence-corrected chi connectivity index (χ0v) is 8.83. The fraction of sp³-hybridized carbons (Fsp3) is 0.600. The predicted molar refractivity (Wildman–Crippen MR) is 52.6 cm³/mol. The molecule has 0 atom stereocenters. The first-order valence-corrected chi connectivity index (χ1v) is 4.17. The average molecular weight is 191 g/mol. The molecule has 0 N–H and O–H groups in total. The molecule has 14 heavy (non-hydrogen) atoms. The molecule has 0 heterocycles. The maximum absolute atomic E-state index is 10.6. The summed E-state index contributed by atoms with van der Waals surface area (Å²) in [7, 11) is 0.